The fourth-order valence-electron chi connectivity index (χ4n) is 4.15. The Morgan fingerprint density at radius 1 is 1.29 bits per heavy atom. The van der Waals surface area contributed by atoms with Gasteiger partial charge in [-0.2, -0.15) is 10.6 Å². The first-order valence-electron chi connectivity index (χ1n) is 10.4. The molecular weight excluding hydrogens is 416 g/mol. The van der Waals surface area contributed by atoms with E-state index >= 15 is 0 Å². The summed E-state index contributed by atoms with van der Waals surface area (Å²) in [4.78, 5) is 9.02. The van der Waals surface area contributed by atoms with E-state index in [1.807, 2.05) is 11.4 Å². The van der Waals surface area contributed by atoms with E-state index in [0.29, 0.717) is 17.5 Å². The highest BCUT2D eigenvalue weighted by atomic mass is 32.2. The van der Waals surface area contributed by atoms with Crippen LogP contribution in [-0.4, -0.2) is 50.6 Å². The maximum Gasteiger partial charge on any atom is 0.241 e. The molecule has 0 amide bonds. The average Bonchev–Trinajstić information content (AvgIpc) is 3.13. The molecule has 9 nitrogen and oxygen atoms in total. The SMILES string of the molecule is COC[C@H](C)Nc1ncc2c(-c3cncc([S-](=N)=O)c3)cc(C3CCC(O)CC3)n2n1. The summed E-state index contributed by atoms with van der Waals surface area (Å²) in [6.45, 7) is 2.54. The topological polar surface area (TPSA) is 125 Å². The molecule has 10 heteroatoms. The molecular formula is C21H27N6O3S-. The number of aliphatic hydroxyl groups excluding tert-OH is 1. The normalized spacial score (nSPS) is 20.3. The Morgan fingerprint density at radius 2 is 2.06 bits per heavy atom. The maximum atomic E-state index is 11.6. The van der Waals surface area contributed by atoms with Crippen molar-refractivity contribution in [1.29, 1.82) is 4.78 Å². The molecule has 1 fully saturated rings. The molecule has 1 aliphatic rings. The van der Waals surface area contributed by atoms with Crippen LogP contribution in [-0.2, 0) is 19.5 Å². The number of aliphatic hydroxyl groups is 1. The van der Waals surface area contributed by atoms with Crippen LogP contribution in [0.1, 0.15) is 44.2 Å². The summed E-state index contributed by atoms with van der Waals surface area (Å²) < 4.78 is 26.3. The van der Waals surface area contributed by atoms with Gasteiger partial charge in [-0.3, -0.25) is 4.98 Å². The summed E-state index contributed by atoms with van der Waals surface area (Å²) in [7, 11) is -0.206. The largest absolute Gasteiger partial charge is 0.440 e. The summed E-state index contributed by atoms with van der Waals surface area (Å²) in [5.41, 5.74) is 3.53. The number of fused-ring (bicyclic) bond motifs is 1. The van der Waals surface area contributed by atoms with Crippen molar-refractivity contribution >= 4 is 22.1 Å². The molecule has 31 heavy (non-hydrogen) atoms. The van der Waals surface area contributed by atoms with E-state index in [9.17, 15) is 9.32 Å². The number of ether oxygens (including phenoxy) is 1. The monoisotopic (exact) mass is 443 g/mol. The lowest BCUT2D eigenvalue weighted by Gasteiger charge is -2.25. The molecule has 0 radical (unpaired) electrons. The fourth-order valence-corrected chi connectivity index (χ4v) is 4.54. The van der Waals surface area contributed by atoms with Gasteiger partial charge in [0.25, 0.3) is 0 Å². The van der Waals surface area contributed by atoms with Crippen molar-refractivity contribution in [2.45, 2.75) is 55.6 Å². The highest BCUT2D eigenvalue weighted by Crippen LogP contribution is 2.37. The number of nitrogens with zero attached hydrogens (tertiary/aromatic N) is 4. The summed E-state index contributed by atoms with van der Waals surface area (Å²) in [5, 5.41) is 18.0. The van der Waals surface area contributed by atoms with Crippen LogP contribution in [0.2, 0.25) is 0 Å². The number of rotatable bonds is 7. The van der Waals surface area contributed by atoms with Crippen LogP contribution in [0.4, 0.5) is 5.95 Å². The molecule has 3 aromatic heterocycles. The van der Waals surface area contributed by atoms with Crippen molar-refractivity contribution in [2.24, 2.45) is 0 Å². The highest BCUT2D eigenvalue weighted by Gasteiger charge is 2.25. The molecule has 1 aliphatic carbocycles. The van der Waals surface area contributed by atoms with Gasteiger partial charge in [-0.15, -0.1) is 5.10 Å². The van der Waals surface area contributed by atoms with Gasteiger partial charge in [-0.25, -0.2) is 9.50 Å². The summed E-state index contributed by atoms with van der Waals surface area (Å²) in [6, 6.07) is 3.87. The van der Waals surface area contributed by atoms with Gasteiger partial charge >= 0.3 is 0 Å². The minimum atomic E-state index is -1.86. The van der Waals surface area contributed by atoms with E-state index in [-0.39, 0.29) is 18.1 Å². The van der Waals surface area contributed by atoms with E-state index < -0.39 is 10.6 Å². The Morgan fingerprint density at radius 3 is 2.77 bits per heavy atom. The molecule has 0 saturated heterocycles. The number of anilines is 1. The third kappa shape index (κ3) is 4.70. The lowest BCUT2D eigenvalue weighted by Crippen LogP contribution is -2.23. The van der Waals surface area contributed by atoms with Crippen molar-refractivity contribution in [1.82, 2.24) is 19.6 Å². The number of hydrogen-bond donors (Lipinski definition) is 3. The minimum Gasteiger partial charge on any atom is -0.440 e. The molecule has 3 aromatic rings. The van der Waals surface area contributed by atoms with Crippen LogP contribution in [0.5, 0.6) is 0 Å². The van der Waals surface area contributed by atoms with Gasteiger partial charge in [-0.05, 0) is 38.7 Å². The maximum absolute atomic E-state index is 11.6. The molecule has 1 saturated carbocycles. The first-order valence-corrected chi connectivity index (χ1v) is 11.5. The second-order valence-electron chi connectivity index (χ2n) is 8.05. The van der Waals surface area contributed by atoms with Crippen molar-refractivity contribution in [3.63, 3.8) is 0 Å². The summed E-state index contributed by atoms with van der Waals surface area (Å²) in [5.74, 6) is 0.778. The first kappa shape index (κ1) is 21.7. The molecule has 0 bridgehead atoms. The quantitative estimate of drug-likeness (QED) is 0.478. The molecule has 0 spiro atoms. The van der Waals surface area contributed by atoms with Crippen molar-refractivity contribution in [2.75, 3.05) is 19.0 Å². The second kappa shape index (κ2) is 9.29. The third-order valence-electron chi connectivity index (χ3n) is 5.69. The third-order valence-corrected chi connectivity index (χ3v) is 6.34. The van der Waals surface area contributed by atoms with Crippen LogP contribution >= 0.6 is 0 Å². The standard InChI is InChI=1S/C21H27N6O3S/c1-13(12-30-2)25-21-24-11-20-18(15-7-17(31(22)29)10-23-9-15)8-19(27(20)26-21)14-3-5-16(28)6-4-14/h7-11,13-14,16,22,28H,3-6,12H2,1-2H3,(H,25,26)/q-1/t13-,14?,16?/m0/s1. The van der Waals surface area contributed by atoms with Crippen molar-refractivity contribution < 1.29 is 14.1 Å². The number of aromatic nitrogens is 4. The lowest BCUT2D eigenvalue weighted by molar-refractivity contribution is 0.121. The van der Waals surface area contributed by atoms with Crippen molar-refractivity contribution in [3.8, 4) is 11.1 Å². The van der Waals surface area contributed by atoms with Crippen LogP contribution in [0.15, 0.2) is 35.6 Å². The fraction of sp³-hybridized carbons (Fsp3) is 0.476. The van der Waals surface area contributed by atoms with Gasteiger partial charge in [-0.1, -0.05) is 11.0 Å². The Labute approximate surface area is 182 Å². The Bertz CT molecular complexity index is 1130. The predicted octanol–water partition coefficient (Wildman–Crippen LogP) is 3.34. The second-order valence-corrected chi connectivity index (χ2v) is 9.05. The molecule has 3 N–H and O–H groups in total. The average molecular weight is 444 g/mol. The molecule has 0 aromatic carbocycles. The zero-order valence-corrected chi connectivity index (χ0v) is 18.4. The summed E-state index contributed by atoms with van der Waals surface area (Å²) in [6.07, 6.45) is 7.99. The zero-order chi connectivity index (χ0) is 22.0. The molecule has 3 heterocycles. The first-order chi connectivity index (χ1) is 15.0. The highest BCUT2D eigenvalue weighted by molar-refractivity contribution is 7.73. The van der Waals surface area contributed by atoms with E-state index in [2.05, 4.69) is 21.4 Å². The number of methoxy groups -OCH3 is 1. The van der Waals surface area contributed by atoms with Gasteiger partial charge in [0, 0.05) is 48.3 Å². The van der Waals surface area contributed by atoms with Crippen molar-refractivity contribution in [3.05, 3.63) is 36.4 Å². The van der Waals surface area contributed by atoms with E-state index in [0.717, 1.165) is 48.0 Å². The smallest absolute Gasteiger partial charge is 0.241 e. The van der Waals surface area contributed by atoms with E-state index in [4.69, 9.17) is 14.6 Å². The van der Waals surface area contributed by atoms with Gasteiger partial charge in [0.1, 0.15) is 0 Å². The number of pyridine rings is 1. The van der Waals surface area contributed by atoms with Crippen LogP contribution < -0.4 is 5.32 Å². The number of hydrogen-bond acceptors (Lipinski definition) is 9. The molecule has 4 rings (SSSR count). The van der Waals surface area contributed by atoms with E-state index in [1.165, 1.54) is 6.20 Å². The Balaban J connectivity index is 1.80. The van der Waals surface area contributed by atoms with Crippen LogP contribution in [0.25, 0.3) is 16.6 Å². The summed E-state index contributed by atoms with van der Waals surface area (Å²) >= 11 is 0. The Hall–Kier alpha value is -2.56. The van der Waals surface area contributed by atoms with Gasteiger partial charge in [0.15, 0.2) is 0 Å². The minimum absolute atomic E-state index is 0.0543. The Kier molecular flexibility index (Phi) is 6.49. The van der Waals surface area contributed by atoms with Gasteiger partial charge in [0.2, 0.25) is 5.95 Å². The predicted molar refractivity (Wildman–Crippen MR) is 117 cm³/mol. The van der Waals surface area contributed by atoms with E-state index in [1.54, 1.807) is 25.6 Å². The molecule has 1 atom stereocenters. The number of nitrogens with one attached hydrogen (secondary N) is 2. The lowest BCUT2D eigenvalue weighted by atomic mass is 9.85. The molecule has 0 unspecified atom stereocenters. The van der Waals surface area contributed by atoms with Gasteiger partial charge < -0.3 is 24.1 Å². The van der Waals surface area contributed by atoms with Crippen LogP contribution in [0.3, 0.4) is 0 Å². The van der Waals surface area contributed by atoms with Crippen LogP contribution in [0, 0.1) is 4.78 Å². The zero-order valence-electron chi connectivity index (χ0n) is 17.6. The molecule has 0 aliphatic heterocycles. The van der Waals surface area contributed by atoms with Gasteiger partial charge in [0.05, 0.1) is 24.4 Å². The molecule has 166 valence electrons.